The molecule has 0 unspecified atom stereocenters. The Balaban J connectivity index is 0.000000142. The normalized spacial score (nSPS) is 32.9. The fourth-order valence-electron chi connectivity index (χ4n) is 7.32. The molecule has 7 nitrogen and oxygen atoms in total. The van der Waals surface area contributed by atoms with Crippen LogP contribution in [0, 0.1) is 11.8 Å². The van der Waals surface area contributed by atoms with Crippen LogP contribution in [0.1, 0.15) is 63.9 Å². The number of piperidine rings is 4. The zero-order valence-electron chi connectivity index (χ0n) is 20.3. The molecule has 184 valence electrons. The molecule has 4 amide bonds. The van der Waals surface area contributed by atoms with E-state index in [0.29, 0.717) is 12.0 Å². The highest BCUT2D eigenvalue weighted by Crippen LogP contribution is 2.42. The Bertz CT molecular complexity index is 872. The van der Waals surface area contributed by atoms with Crippen molar-refractivity contribution in [2.75, 3.05) is 26.2 Å². The summed E-state index contributed by atoms with van der Waals surface area (Å²) in [6, 6.07) is 9.88. The highest BCUT2D eigenvalue weighted by molar-refractivity contribution is 6.22. The van der Waals surface area contributed by atoms with Crippen LogP contribution in [0.5, 0.6) is 0 Å². The van der Waals surface area contributed by atoms with Gasteiger partial charge in [-0.2, -0.15) is 0 Å². The maximum Gasteiger partial charge on any atom is 0.328 e. The zero-order valence-corrected chi connectivity index (χ0v) is 20.3. The minimum atomic E-state index is -1.31. The molecule has 0 radical (unpaired) electrons. The van der Waals surface area contributed by atoms with Crippen molar-refractivity contribution < 1.29 is 14.4 Å². The summed E-state index contributed by atoms with van der Waals surface area (Å²) in [5.74, 6) is 0.895. The first kappa shape index (κ1) is 23.5. The molecule has 5 saturated heterocycles. The maximum absolute atomic E-state index is 12.0. The molecule has 5 heterocycles. The van der Waals surface area contributed by atoms with Crippen molar-refractivity contribution in [1.29, 1.82) is 0 Å². The summed E-state index contributed by atoms with van der Waals surface area (Å²) in [6.07, 6.45) is 10.8. The Labute approximate surface area is 202 Å². The van der Waals surface area contributed by atoms with Gasteiger partial charge < -0.3 is 0 Å². The van der Waals surface area contributed by atoms with Gasteiger partial charge in [-0.1, -0.05) is 50.1 Å². The maximum atomic E-state index is 12.0. The van der Waals surface area contributed by atoms with Gasteiger partial charge in [0.25, 0.3) is 0 Å². The number of hydrogen-bond donors (Lipinski definition) is 2. The number of amides is 4. The van der Waals surface area contributed by atoms with E-state index in [1.807, 2.05) is 0 Å². The highest BCUT2D eigenvalue weighted by atomic mass is 16.2. The second kappa shape index (κ2) is 9.78. The molecule has 0 spiro atoms. The number of nitrogens with one attached hydrogen (secondary N) is 2. The third-order valence-corrected chi connectivity index (χ3v) is 8.99. The van der Waals surface area contributed by atoms with Crippen LogP contribution in [-0.4, -0.2) is 65.9 Å². The largest absolute Gasteiger partial charge is 0.328 e. The summed E-state index contributed by atoms with van der Waals surface area (Å²) in [5.41, 5.74) is -0.722. The van der Waals surface area contributed by atoms with Gasteiger partial charge in [0.05, 0.1) is 0 Å². The number of benzene rings is 1. The van der Waals surface area contributed by atoms with Gasteiger partial charge >= 0.3 is 6.03 Å². The van der Waals surface area contributed by atoms with Crippen molar-refractivity contribution in [1.82, 2.24) is 20.4 Å². The average molecular weight is 467 g/mol. The van der Waals surface area contributed by atoms with Crippen LogP contribution in [-0.2, 0) is 15.0 Å². The standard InChI is InChI=1S/C15H26N2.C12H12N2O3/c1-3-7-16-11-13-9-12(14(16)5-1)10-17-8-4-2-6-15(13)17;1-2-12(8-6-4-3-5-7-8)9(15)13-11(17)14-10(12)16/h12-15H,1-11H2;3-7H,2H2,1H3,(H2,13,14,15,16,17)/t12-,13+,14-,15-;/m1./s1. The highest BCUT2D eigenvalue weighted by Gasteiger charge is 2.50. The van der Waals surface area contributed by atoms with Crippen molar-refractivity contribution in [3.05, 3.63) is 35.9 Å². The minimum absolute atomic E-state index is 0.294. The van der Waals surface area contributed by atoms with Gasteiger partial charge in [-0.15, -0.1) is 0 Å². The number of carbonyl (C=O) groups is 3. The van der Waals surface area contributed by atoms with Crippen molar-refractivity contribution in [3.8, 4) is 0 Å². The first-order chi connectivity index (χ1) is 16.5. The van der Waals surface area contributed by atoms with Crippen LogP contribution in [0.3, 0.4) is 0 Å². The molecular weight excluding hydrogens is 428 g/mol. The first-order valence-electron chi connectivity index (χ1n) is 13.2. The number of nitrogens with zero attached hydrogens (tertiary/aromatic N) is 2. The van der Waals surface area contributed by atoms with E-state index in [4.69, 9.17) is 0 Å². The molecule has 2 bridgehead atoms. The third-order valence-electron chi connectivity index (χ3n) is 8.99. The van der Waals surface area contributed by atoms with E-state index in [1.54, 1.807) is 43.7 Å². The fraction of sp³-hybridized carbons (Fsp3) is 0.667. The third kappa shape index (κ3) is 4.17. The molecule has 0 aromatic heterocycles. The number of fused-ring (bicyclic) bond motifs is 6. The smallest absolute Gasteiger partial charge is 0.300 e. The Morgan fingerprint density at radius 3 is 1.85 bits per heavy atom. The second-order valence-corrected chi connectivity index (χ2v) is 10.7. The van der Waals surface area contributed by atoms with Crippen LogP contribution in [0.25, 0.3) is 0 Å². The van der Waals surface area contributed by atoms with Crippen molar-refractivity contribution in [2.45, 2.75) is 75.8 Å². The number of urea groups is 1. The average Bonchev–Trinajstić information content (AvgIpc) is 2.85. The minimum Gasteiger partial charge on any atom is -0.300 e. The Hall–Kier alpha value is -2.25. The summed E-state index contributed by atoms with van der Waals surface area (Å²) in [4.78, 5) is 40.7. The predicted octanol–water partition coefficient (Wildman–Crippen LogP) is 3.05. The summed E-state index contributed by atoms with van der Waals surface area (Å²) >= 11 is 0. The summed E-state index contributed by atoms with van der Waals surface area (Å²) < 4.78 is 0. The molecule has 1 aromatic carbocycles. The Morgan fingerprint density at radius 1 is 0.824 bits per heavy atom. The van der Waals surface area contributed by atoms with Crippen molar-refractivity contribution in [2.24, 2.45) is 11.8 Å². The zero-order chi connectivity index (χ0) is 23.7. The van der Waals surface area contributed by atoms with E-state index in [1.165, 1.54) is 64.7 Å². The molecule has 34 heavy (non-hydrogen) atoms. The molecule has 1 aromatic rings. The van der Waals surface area contributed by atoms with E-state index in [-0.39, 0.29) is 0 Å². The fourth-order valence-corrected chi connectivity index (χ4v) is 7.32. The lowest BCUT2D eigenvalue weighted by Crippen LogP contribution is -2.64. The van der Waals surface area contributed by atoms with Gasteiger partial charge in [-0.3, -0.25) is 30.0 Å². The van der Waals surface area contributed by atoms with Gasteiger partial charge in [0.15, 0.2) is 5.41 Å². The summed E-state index contributed by atoms with van der Waals surface area (Å²) in [6.45, 7) is 7.42. The van der Waals surface area contributed by atoms with Crippen LogP contribution >= 0.6 is 0 Å². The number of hydrogen-bond acceptors (Lipinski definition) is 5. The van der Waals surface area contributed by atoms with Gasteiger partial charge in [0.2, 0.25) is 11.8 Å². The summed E-state index contributed by atoms with van der Waals surface area (Å²) in [7, 11) is 0. The number of rotatable bonds is 2. The van der Waals surface area contributed by atoms with Crippen molar-refractivity contribution in [3.63, 3.8) is 0 Å². The van der Waals surface area contributed by atoms with Gasteiger partial charge in [0.1, 0.15) is 0 Å². The predicted molar refractivity (Wildman–Crippen MR) is 130 cm³/mol. The monoisotopic (exact) mass is 466 g/mol. The molecule has 5 aliphatic heterocycles. The first-order valence-corrected chi connectivity index (χ1v) is 13.2. The van der Waals surface area contributed by atoms with E-state index in [2.05, 4.69) is 20.4 Å². The van der Waals surface area contributed by atoms with Gasteiger partial charge in [-0.05, 0) is 69.0 Å². The van der Waals surface area contributed by atoms with Crippen molar-refractivity contribution >= 4 is 17.8 Å². The molecule has 7 heteroatoms. The topological polar surface area (TPSA) is 81.8 Å². The Kier molecular flexibility index (Phi) is 6.76. The molecule has 6 rings (SSSR count). The summed E-state index contributed by atoms with van der Waals surface area (Å²) in [5, 5.41) is 4.28. The van der Waals surface area contributed by atoms with E-state index in [0.717, 1.165) is 23.9 Å². The lowest BCUT2D eigenvalue weighted by Gasteiger charge is -2.57. The molecule has 5 fully saturated rings. The van der Waals surface area contributed by atoms with Crippen LogP contribution in [0.15, 0.2) is 30.3 Å². The van der Waals surface area contributed by atoms with Crippen LogP contribution in [0.4, 0.5) is 4.79 Å². The number of imide groups is 2. The molecule has 0 saturated carbocycles. The second-order valence-electron chi connectivity index (χ2n) is 10.7. The van der Waals surface area contributed by atoms with Crippen LogP contribution < -0.4 is 10.6 Å². The van der Waals surface area contributed by atoms with Gasteiger partial charge in [-0.25, -0.2) is 4.79 Å². The number of barbiturate groups is 1. The number of carbonyl (C=O) groups excluding carboxylic acids is 3. The SMILES string of the molecule is C1CCN2C[C@@H]3C[C@H](CN4CCCC[C@H]34)[C@H]2C1.CCC1(c2ccccc2)C(=O)NC(=O)NC1=O. The molecule has 5 aliphatic rings. The molecule has 0 aliphatic carbocycles. The van der Waals surface area contributed by atoms with E-state index in [9.17, 15) is 14.4 Å². The van der Waals surface area contributed by atoms with E-state index < -0.39 is 23.3 Å². The molecule has 2 N–H and O–H groups in total. The Morgan fingerprint density at radius 2 is 1.35 bits per heavy atom. The molecule has 4 atom stereocenters. The van der Waals surface area contributed by atoms with Crippen LogP contribution in [0.2, 0.25) is 0 Å². The van der Waals surface area contributed by atoms with E-state index >= 15 is 0 Å². The lowest BCUT2D eigenvalue weighted by molar-refractivity contribution is -0.138. The lowest BCUT2D eigenvalue weighted by atomic mass is 9.71. The quantitative estimate of drug-likeness (QED) is 0.655. The van der Waals surface area contributed by atoms with Gasteiger partial charge in [0, 0.05) is 25.2 Å². The molecular formula is C27H38N4O3.